The molecular formula is C35H60N2O11. The summed E-state index contributed by atoms with van der Waals surface area (Å²) in [5.41, 5.74) is -3.15. The minimum absolute atomic E-state index is 0.120. The maximum absolute atomic E-state index is 14.1. The topological polar surface area (TPSA) is 159 Å². The fourth-order valence-electron chi connectivity index (χ4n) is 7.82. The third kappa shape index (κ3) is 8.07. The van der Waals surface area contributed by atoms with E-state index in [9.17, 15) is 24.3 Å². The molecule has 13 nitrogen and oxygen atoms in total. The number of Topliss-reactive ketones (excluding diaryl/α,β-unsaturated/α-hetero) is 2. The average Bonchev–Trinajstić information content (AvgIpc) is 3.31. The molecule has 0 aromatic rings. The van der Waals surface area contributed by atoms with Crippen LogP contribution in [0.2, 0.25) is 0 Å². The van der Waals surface area contributed by atoms with Gasteiger partial charge in [0.05, 0.1) is 35.5 Å². The molecule has 0 aliphatic carbocycles. The van der Waals surface area contributed by atoms with Crippen molar-refractivity contribution in [3.05, 3.63) is 0 Å². The number of carbonyl (C=O) groups is 4. The Morgan fingerprint density at radius 3 is 2.12 bits per heavy atom. The molecule has 3 rings (SSSR count). The number of aliphatic hydroxyl groups is 1. The van der Waals surface area contributed by atoms with Gasteiger partial charge in [0, 0.05) is 24.9 Å². The highest BCUT2D eigenvalue weighted by molar-refractivity contribution is 6.00. The number of nitrogens with zero attached hydrogens (tertiary/aromatic N) is 1. The summed E-state index contributed by atoms with van der Waals surface area (Å²) in [7, 11) is 5.14. The van der Waals surface area contributed by atoms with E-state index in [2.05, 4.69) is 5.32 Å². The number of hydrogen-bond acceptors (Lipinski definition) is 12. The lowest BCUT2D eigenvalue weighted by Gasteiger charge is -2.50. The Balaban J connectivity index is 2.09. The molecule has 276 valence electrons. The molecule has 1 amide bonds. The lowest BCUT2D eigenvalue weighted by Crippen LogP contribution is -2.65. The average molecular weight is 685 g/mol. The molecule has 0 aromatic heterocycles. The van der Waals surface area contributed by atoms with Gasteiger partial charge in [-0.25, -0.2) is 4.79 Å². The zero-order valence-electron chi connectivity index (χ0n) is 31.3. The SMILES string of the molecule is CC[C@H]1OC(=O)[C@H](C)C(=O)[C@H](C)[C@@H](O[C@@H]2O[C@H](C)[C@@H](OC(C)(C)C)[C@H](N(C)C)[C@H]2O)[C@](C)(OC)C[C@@H](C)C(=O)[C@H](C)[C@H]2NC(=O)O[C@@]21C. The molecule has 0 saturated carbocycles. The van der Waals surface area contributed by atoms with Gasteiger partial charge in [-0.2, -0.15) is 0 Å². The van der Waals surface area contributed by atoms with E-state index in [0.29, 0.717) is 0 Å². The first-order chi connectivity index (χ1) is 22.0. The van der Waals surface area contributed by atoms with Crippen LogP contribution >= 0.6 is 0 Å². The summed E-state index contributed by atoms with van der Waals surface area (Å²) < 4.78 is 36.9. The van der Waals surface area contributed by atoms with E-state index in [1.165, 1.54) is 14.0 Å². The third-order valence-corrected chi connectivity index (χ3v) is 10.5. The van der Waals surface area contributed by atoms with Crippen LogP contribution in [0.3, 0.4) is 0 Å². The lowest BCUT2D eigenvalue weighted by atomic mass is 9.73. The normalized spacial score (nSPS) is 43.7. The van der Waals surface area contributed by atoms with Gasteiger partial charge in [0.25, 0.3) is 0 Å². The first kappa shape index (κ1) is 40.3. The minimum atomic E-state index is -1.35. The number of aliphatic hydroxyl groups excluding tert-OH is 1. The van der Waals surface area contributed by atoms with E-state index in [-0.39, 0.29) is 18.6 Å². The molecule has 3 fully saturated rings. The smallest absolute Gasteiger partial charge is 0.408 e. The van der Waals surface area contributed by atoms with Crippen LogP contribution in [0.25, 0.3) is 0 Å². The second kappa shape index (κ2) is 15.0. The molecule has 14 atom stereocenters. The number of methoxy groups -OCH3 is 1. The van der Waals surface area contributed by atoms with Gasteiger partial charge >= 0.3 is 12.1 Å². The van der Waals surface area contributed by atoms with Gasteiger partial charge in [-0.3, -0.25) is 14.4 Å². The van der Waals surface area contributed by atoms with E-state index >= 15 is 0 Å². The molecule has 0 bridgehead atoms. The summed E-state index contributed by atoms with van der Waals surface area (Å²) in [6, 6.07) is -1.33. The maximum atomic E-state index is 14.1. The van der Waals surface area contributed by atoms with E-state index in [1.807, 2.05) is 46.7 Å². The van der Waals surface area contributed by atoms with Crippen LogP contribution in [0.5, 0.6) is 0 Å². The Hall–Kier alpha value is -2.16. The summed E-state index contributed by atoms with van der Waals surface area (Å²) in [6.45, 7) is 19.4. The number of likely N-dealkylation sites (N-methyl/N-ethyl adjacent to an activating group) is 1. The molecule has 0 aromatic carbocycles. The molecule has 2 N–H and O–H groups in total. The minimum Gasteiger partial charge on any atom is -0.458 e. The number of nitrogens with one attached hydrogen (secondary N) is 1. The largest absolute Gasteiger partial charge is 0.458 e. The number of ketones is 2. The monoisotopic (exact) mass is 684 g/mol. The quantitative estimate of drug-likeness (QED) is 0.311. The molecule has 0 radical (unpaired) electrons. The Morgan fingerprint density at radius 1 is 1.00 bits per heavy atom. The van der Waals surface area contributed by atoms with Crippen molar-refractivity contribution in [2.24, 2.45) is 23.7 Å². The van der Waals surface area contributed by atoms with Crippen molar-refractivity contribution in [1.82, 2.24) is 10.2 Å². The predicted octanol–water partition coefficient (Wildman–Crippen LogP) is 3.27. The highest BCUT2D eigenvalue weighted by Gasteiger charge is 2.57. The number of rotatable bonds is 6. The van der Waals surface area contributed by atoms with Crippen molar-refractivity contribution in [3.63, 3.8) is 0 Å². The molecule has 3 aliphatic heterocycles. The van der Waals surface area contributed by atoms with Crippen LogP contribution in [-0.4, -0.2) is 121 Å². The van der Waals surface area contributed by atoms with E-state index in [0.717, 1.165) is 0 Å². The van der Waals surface area contributed by atoms with Crippen LogP contribution in [-0.2, 0) is 42.8 Å². The van der Waals surface area contributed by atoms with Gasteiger partial charge in [0.2, 0.25) is 0 Å². The van der Waals surface area contributed by atoms with Crippen LogP contribution in [0.1, 0.15) is 89.0 Å². The second-order valence-electron chi connectivity index (χ2n) is 15.7. The first-order valence-corrected chi connectivity index (χ1v) is 17.2. The number of hydrogen-bond donors (Lipinski definition) is 2. The Morgan fingerprint density at radius 2 is 1.60 bits per heavy atom. The van der Waals surface area contributed by atoms with Crippen molar-refractivity contribution in [1.29, 1.82) is 0 Å². The summed E-state index contributed by atoms with van der Waals surface area (Å²) in [5, 5.41) is 14.5. The van der Waals surface area contributed by atoms with Gasteiger partial charge in [0.1, 0.15) is 30.0 Å². The lowest BCUT2D eigenvalue weighted by molar-refractivity contribution is -0.324. The maximum Gasteiger partial charge on any atom is 0.408 e. The molecule has 3 saturated heterocycles. The highest BCUT2D eigenvalue weighted by atomic mass is 16.7. The zero-order chi connectivity index (χ0) is 36.7. The van der Waals surface area contributed by atoms with E-state index in [4.69, 9.17) is 28.4 Å². The summed E-state index contributed by atoms with van der Waals surface area (Å²) in [4.78, 5) is 56.2. The van der Waals surface area contributed by atoms with Crippen LogP contribution in [0.4, 0.5) is 4.79 Å². The zero-order valence-corrected chi connectivity index (χ0v) is 31.3. The fourth-order valence-corrected chi connectivity index (χ4v) is 7.82. The van der Waals surface area contributed by atoms with Crippen LogP contribution in [0.15, 0.2) is 0 Å². The Bertz CT molecular complexity index is 1190. The third-order valence-electron chi connectivity index (χ3n) is 10.5. The van der Waals surface area contributed by atoms with Crippen LogP contribution < -0.4 is 5.32 Å². The predicted molar refractivity (Wildman–Crippen MR) is 176 cm³/mol. The van der Waals surface area contributed by atoms with E-state index < -0.39 is 107 Å². The van der Waals surface area contributed by atoms with Crippen molar-refractivity contribution >= 4 is 23.6 Å². The number of alkyl carbamates (subject to hydrolysis) is 1. The van der Waals surface area contributed by atoms with Gasteiger partial charge < -0.3 is 43.7 Å². The molecule has 3 aliphatic rings. The van der Waals surface area contributed by atoms with Crippen molar-refractivity contribution < 1.29 is 52.7 Å². The summed E-state index contributed by atoms with van der Waals surface area (Å²) in [5.74, 6) is -4.99. The van der Waals surface area contributed by atoms with Gasteiger partial charge in [-0.15, -0.1) is 0 Å². The molecule has 0 spiro atoms. The van der Waals surface area contributed by atoms with E-state index in [1.54, 1.807) is 41.5 Å². The standard InChI is InChI=1S/C35H60N2O11/c1-15-22-35(11)28(36-32(42)48-35)18(3)24(38)17(2)16-34(10,43-14)29(19(4)25(39)20(5)30(41)45-22)46-31-26(40)23(37(12)13)27(21(6)44-31)47-33(7,8)9/h17-23,26-29,31,40H,15-16H2,1-14H3,(H,36,42)/t17-,18+,19+,20-,21-,22-,23-,26-,27-,28-,29-,31+,34-,35-/m1/s1. The van der Waals surface area contributed by atoms with Gasteiger partial charge in [-0.1, -0.05) is 27.7 Å². The molecule has 48 heavy (non-hydrogen) atoms. The number of cyclic esters (lactones) is 1. The number of esters is 1. The van der Waals surface area contributed by atoms with Crippen LogP contribution in [0, 0.1) is 23.7 Å². The molecule has 3 heterocycles. The number of fused-ring (bicyclic) bond motifs is 1. The Labute approximate surface area is 286 Å². The fraction of sp³-hybridized carbons (Fsp3) is 0.886. The van der Waals surface area contributed by atoms with Crippen molar-refractivity contribution in [3.8, 4) is 0 Å². The summed E-state index contributed by atoms with van der Waals surface area (Å²) >= 11 is 0. The Kier molecular flexibility index (Phi) is 12.6. The molecular weight excluding hydrogens is 624 g/mol. The number of ether oxygens (including phenoxy) is 6. The molecule has 0 unspecified atom stereocenters. The number of carbonyl (C=O) groups excluding carboxylic acids is 4. The molecule has 13 heteroatoms. The first-order valence-electron chi connectivity index (χ1n) is 17.2. The second-order valence-corrected chi connectivity index (χ2v) is 15.7. The summed E-state index contributed by atoms with van der Waals surface area (Å²) in [6.07, 6.45) is -5.74. The van der Waals surface area contributed by atoms with Gasteiger partial charge in [0.15, 0.2) is 17.7 Å². The highest BCUT2D eigenvalue weighted by Crippen LogP contribution is 2.40. The van der Waals surface area contributed by atoms with Crippen molar-refractivity contribution in [2.45, 2.75) is 155 Å². The van der Waals surface area contributed by atoms with Gasteiger partial charge in [-0.05, 0) is 75.4 Å². The number of amides is 1. The van der Waals surface area contributed by atoms with Crippen molar-refractivity contribution in [2.75, 3.05) is 21.2 Å².